The van der Waals surface area contributed by atoms with E-state index in [4.69, 9.17) is 5.73 Å². The van der Waals surface area contributed by atoms with Gasteiger partial charge < -0.3 is 5.73 Å². The maximum absolute atomic E-state index is 5.34. The maximum Gasteiger partial charge on any atom is 0.0522 e. The molecule has 0 amide bonds. The normalized spacial score (nSPS) is 9.00. The van der Waals surface area contributed by atoms with Crippen molar-refractivity contribution >= 4 is 0 Å². The fourth-order valence-corrected chi connectivity index (χ4v) is 0.935. The number of nitrogens with zero attached hydrogens (tertiary/aromatic N) is 1. The van der Waals surface area contributed by atoms with Crippen LogP contribution in [0.4, 0.5) is 0 Å². The Morgan fingerprint density at radius 2 is 2.23 bits per heavy atom. The number of hydrogen-bond donors (Lipinski definition) is 1. The Bertz CT molecular complexity index is 282. The summed E-state index contributed by atoms with van der Waals surface area (Å²) in [6.07, 6.45) is 4.40. The fourth-order valence-electron chi connectivity index (χ4n) is 0.935. The van der Waals surface area contributed by atoms with E-state index >= 15 is 0 Å². The van der Waals surface area contributed by atoms with Crippen LogP contribution in [0.25, 0.3) is 0 Å². The van der Waals surface area contributed by atoms with Gasteiger partial charge in [-0.25, -0.2) is 0 Å². The third-order valence-electron chi connectivity index (χ3n) is 1.63. The van der Waals surface area contributed by atoms with Gasteiger partial charge in [-0.15, -0.1) is 5.92 Å². The molecule has 0 unspecified atom stereocenters. The van der Waals surface area contributed by atoms with Gasteiger partial charge in [0, 0.05) is 12.6 Å². The van der Waals surface area contributed by atoms with Crippen molar-refractivity contribution in [3.05, 3.63) is 30.1 Å². The van der Waals surface area contributed by atoms with Gasteiger partial charge in [-0.3, -0.25) is 4.98 Å². The first kappa shape index (κ1) is 9.76. The van der Waals surface area contributed by atoms with E-state index in [0.717, 1.165) is 31.5 Å². The molecule has 1 heterocycles. The minimum atomic E-state index is 0.721. The van der Waals surface area contributed by atoms with Crippen molar-refractivity contribution in [2.24, 2.45) is 5.73 Å². The number of aromatic nitrogens is 1. The number of nitrogens with two attached hydrogens (primary N) is 1. The van der Waals surface area contributed by atoms with E-state index in [1.165, 1.54) is 0 Å². The molecule has 68 valence electrons. The fraction of sp³-hybridized carbons (Fsp3) is 0.364. The summed E-state index contributed by atoms with van der Waals surface area (Å²) in [6, 6.07) is 5.87. The molecular formula is C11H14N2. The highest BCUT2D eigenvalue weighted by atomic mass is 14.7. The Kier molecular flexibility index (Phi) is 4.66. The van der Waals surface area contributed by atoms with E-state index in [0.29, 0.717) is 0 Å². The van der Waals surface area contributed by atoms with Crippen LogP contribution in [0.2, 0.25) is 0 Å². The first-order valence-corrected chi connectivity index (χ1v) is 4.49. The maximum atomic E-state index is 5.34. The van der Waals surface area contributed by atoms with E-state index in [1.807, 2.05) is 18.2 Å². The van der Waals surface area contributed by atoms with Crippen molar-refractivity contribution in [3.63, 3.8) is 0 Å². The largest absolute Gasteiger partial charge is 0.330 e. The summed E-state index contributed by atoms with van der Waals surface area (Å²) < 4.78 is 0. The summed E-state index contributed by atoms with van der Waals surface area (Å²) in [5, 5.41) is 0. The summed E-state index contributed by atoms with van der Waals surface area (Å²) in [5.74, 6) is 6.13. The molecule has 13 heavy (non-hydrogen) atoms. The van der Waals surface area contributed by atoms with Crippen LogP contribution in [0.1, 0.15) is 18.5 Å². The lowest BCUT2D eigenvalue weighted by molar-refractivity contribution is 0.869. The summed E-state index contributed by atoms with van der Waals surface area (Å²) in [6.45, 7) is 0.721. The van der Waals surface area contributed by atoms with Crippen molar-refractivity contribution < 1.29 is 0 Å². The van der Waals surface area contributed by atoms with Gasteiger partial charge in [0.25, 0.3) is 0 Å². The van der Waals surface area contributed by atoms with Crippen LogP contribution < -0.4 is 5.73 Å². The van der Waals surface area contributed by atoms with Crippen molar-refractivity contribution in [2.45, 2.75) is 19.3 Å². The molecule has 0 spiro atoms. The van der Waals surface area contributed by atoms with E-state index in [1.54, 1.807) is 6.20 Å². The van der Waals surface area contributed by atoms with Crippen LogP contribution in [-0.4, -0.2) is 11.5 Å². The monoisotopic (exact) mass is 174 g/mol. The van der Waals surface area contributed by atoms with Crippen molar-refractivity contribution in [1.29, 1.82) is 0 Å². The average molecular weight is 174 g/mol. The second-order valence-corrected chi connectivity index (χ2v) is 2.74. The molecule has 0 saturated carbocycles. The van der Waals surface area contributed by atoms with Crippen molar-refractivity contribution in [2.75, 3.05) is 6.54 Å². The number of pyridine rings is 1. The quantitative estimate of drug-likeness (QED) is 0.555. The molecule has 0 aliphatic rings. The second kappa shape index (κ2) is 6.22. The number of hydrogen-bond acceptors (Lipinski definition) is 2. The molecule has 1 aromatic heterocycles. The highest BCUT2D eigenvalue weighted by Gasteiger charge is 1.86. The summed E-state index contributed by atoms with van der Waals surface area (Å²) in [7, 11) is 0. The molecule has 0 fully saturated rings. The summed E-state index contributed by atoms with van der Waals surface area (Å²) in [4.78, 5) is 4.17. The van der Waals surface area contributed by atoms with Crippen LogP contribution in [0.3, 0.4) is 0 Å². The predicted octanol–water partition coefficient (Wildman–Crippen LogP) is 1.37. The molecule has 0 saturated heterocycles. The molecule has 0 aromatic carbocycles. The average Bonchev–Trinajstić information content (AvgIpc) is 2.19. The van der Waals surface area contributed by atoms with Gasteiger partial charge in [-0.1, -0.05) is 12.0 Å². The van der Waals surface area contributed by atoms with E-state index in [-0.39, 0.29) is 0 Å². The molecule has 1 rings (SSSR count). The van der Waals surface area contributed by atoms with Gasteiger partial charge in [0.15, 0.2) is 0 Å². The minimum Gasteiger partial charge on any atom is -0.330 e. The van der Waals surface area contributed by atoms with E-state index in [2.05, 4.69) is 16.8 Å². The minimum absolute atomic E-state index is 0.721. The lowest BCUT2D eigenvalue weighted by atomic mass is 10.2. The zero-order valence-electron chi connectivity index (χ0n) is 7.66. The van der Waals surface area contributed by atoms with Crippen LogP contribution in [0.15, 0.2) is 24.4 Å². The van der Waals surface area contributed by atoms with E-state index in [9.17, 15) is 0 Å². The summed E-state index contributed by atoms with van der Waals surface area (Å²) >= 11 is 0. The van der Waals surface area contributed by atoms with Gasteiger partial charge in [0.2, 0.25) is 0 Å². The first-order chi connectivity index (χ1) is 6.43. The van der Waals surface area contributed by atoms with Gasteiger partial charge >= 0.3 is 0 Å². The predicted molar refractivity (Wildman–Crippen MR) is 54.0 cm³/mol. The highest BCUT2D eigenvalue weighted by Crippen LogP contribution is 1.93. The molecule has 0 aliphatic carbocycles. The zero-order valence-corrected chi connectivity index (χ0v) is 7.66. The Morgan fingerprint density at radius 3 is 2.92 bits per heavy atom. The molecule has 0 bridgehead atoms. The molecule has 0 atom stereocenters. The first-order valence-electron chi connectivity index (χ1n) is 4.49. The van der Waals surface area contributed by atoms with Gasteiger partial charge in [-0.2, -0.15) is 0 Å². The molecule has 2 N–H and O–H groups in total. The summed E-state index contributed by atoms with van der Waals surface area (Å²) in [5.41, 5.74) is 6.37. The van der Waals surface area contributed by atoms with Crippen LogP contribution >= 0.6 is 0 Å². The lowest BCUT2D eigenvalue weighted by Gasteiger charge is -1.90. The molecule has 2 nitrogen and oxygen atoms in total. The van der Waals surface area contributed by atoms with Crippen LogP contribution in [0.5, 0.6) is 0 Å². The SMILES string of the molecule is NCCCC#CCc1ccccn1. The molecule has 1 aromatic rings. The zero-order chi connectivity index (χ0) is 9.36. The van der Waals surface area contributed by atoms with Gasteiger partial charge in [-0.05, 0) is 25.1 Å². The van der Waals surface area contributed by atoms with Crippen LogP contribution in [0, 0.1) is 11.8 Å². The third-order valence-corrected chi connectivity index (χ3v) is 1.63. The Labute approximate surface area is 79.2 Å². The molecule has 0 radical (unpaired) electrons. The van der Waals surface area contributed by atoms with Gasteiger partial charge in [0.05, 0.1) is 12.1 Å². The molecular weight excluding hydrogens is 160 g/mol. The van der Waals surface area contributed by atoms with Crippen molar-refractivity contribution in [1.82, 2.24) is 4.98 Å². The Hall–Kier alpha value is -1.33. The molecule has 0 aliphatic heterocycles. The Balaban J connectivity index is 2.29. The van der Waals surface area contributed by atoms with Crippen molar-refractivity contribution in [3.8, 4) is 11.8 Å². The topological polar surface area (TPSA) is 38.9 Å². The second-order valence-electron chi connectivity index (χ2n) is 2.74. The standard InChI is InChI=1S/C11H14N2/c12-9-5-2-1-3-7-11-8-4-6-10-13-11/h4,6,8,10H,2,5,7,9,12H2. The lowest BCUT2D eigenvalue weighted by Crippen LogP contribution is -1.96. The van der Waals surface area contributed by atoms with Crippen LogP contribution in [-0.2, 0) is 6.42 Å². The Morgan fingerprint density at radius 1 is 1.31 bits per heavy atom. The number of unbranched alkanes of at least 4 members (excludes halogenated alkanes) is 1. The molecule has 2 heteroatoms. The third kappa shape index (κ3) is 4.29. The van der Waals surface area contributed by atoms with Gasteiger partial charge in [0.1, 0.15) is 0 Å². The highest BCUT2D eigenvalue weighted by molar-refractivity contribution is 5.12. The number of rotatable bonds is 3. The smallest absolute Gasteiger partial charge is 0.0522 e. The van der Waals surface area contributed by atoms with E-state index < -0.39 is 0 Å².